The van der Waals surface area contributed by atoms with Crippen molar-refractivity contribution in [3.63, 3.8) is 0 Å². The maximum Gasteiger partial charge on any atom is 0.230 e. The van der Waals surface area contributed by atoms with Gasteiger partial charge in [0.05, 0.1) is 18.7 Å². The number of carbonyl (C=O) groups excluding carboxylic acids is 2. The van der Waals surface area contributed by atoms with Gasteiger partial charge in [-0.2, -0.15) is 5.10 Å². The molecule has 1 aromatic heterocycles. The number of amides is 2. The smallest absolute Gasteiger partial charge is 0.230 e. The van der Waals surface area contributed by atoms with Crippen LogP contribution in [0.1, 0.15) is 37.7 Å². The van der Waals surface area contributed by atoms with Gasteiger partial charge in [0.1, 0.15) is 5.82 Å². The Morgan fingerprint density at radius 1 is 1.26 bits per heavy atom. The van der Waals surface area contributed by atoms with Crippen molar-refractivity contribution in [2.45, 2.75) is 44.7 Å². The molecule has 2 heterocycles. The summed E-state index contributed by atoms with van der Waals surface area (Å²) in [6.45, 7) is 1.04. The molecule has 1 saturated heterocycles. The maximum absolute atomic E-state index is 12.7. The van der Waals surface area contributed by atoms with Crippen molar-refractivity contribution in [3.8, 4) is 0 Å². The van der Waals surface area contributed by atoms with Gasteiger partial charge in [-0.15, -0.1) is 0 Å². The number of nitrogens with one attached hydrogen (secondary N) is 1. The lowest BCUT2D eigenvalue weighted by Gasteiger charge is -2.23. The molecule has 1 aromatic carbocycles. The molecule has 0 bridgehead atoms. The van der Waals surface area contributed by atoms with Crippen molar-refractivity contribution in [1.82, 2.24) is 14.7 Å². The van der Waals surface area contributed by atoms with Crippen LogP contribution in [0.4, 0.5) is 5.82 Å². The highest BCUT2D eigenvalue weighted by Gasteiger charge is 2.38. The number of aromatic nitrogens is 2. The molecule has 6 nitrogen and oxygen atoms in total. The van der Waals surface area contributed by atoms with E-state index >= 15 is 0 Å². The predicted molar refractivity (Wildman–Crippen MR) is 103 cm³/mol. The summed E-state index contributed by atoms with van der Waals surface area (Å²) in [6.07, 6.45) is 6.43. The van der Waals surface area contributed by atoms with Crippen molar-refractivity contribution < 1.29 is 9.59 Å². The first-order valence-electron chi connectivity index (χ1n) is 9.47. The summed E-state index contributed by atoms with van der Waals surface area (Å²) >= 11 is 6.04. The van der Waals surface area contributed by atoms with E-state index in [0.717, 1.165) is 18.4 Å². The predicted octanol–water partition coefficient (Wildman–Crippen LogP) is 3.31. The number of carbonyl (C=O) groups is 2. The van der Waals surface area contributed by atoms with Crippen LogP contribution in [-0.4, -0.2) is 39.1 Å². The molecule has 7 heteroatoms. The number of halogens is 1. The van der Waals surface area contributed by atoms with E-state index in [2.05, 4.69) is 10.4 Å². The van der Waals surface area contributed by atoms with Gasteiger partial charge in [0.25, 0.3) is 0 Å². The minimum Gasteiger partial charge on any atom is -0.339 e. The van der Waals surface area contributed by atoms with Gasteiger partial charge in [0, 0.05) is 30.1 Å². The van der Waals surface area contributed by atoms with Crippen LogP contribution >= 0.6 is 11.6 Å². The molecule has 27 heavy (non-hydrogen) atoms. The second kappa shape index (κ2) is 7.72. The van der Waals surface area contributed by atoms with Gasteiger partial charge in [0.15, 0.2) is 0 Å². The Balaban J connectivity index is 1.40. The van der Waals surface area contributed by atoms with Crippen LogP contribution in [0.2, 0.25) is 5.02 Å². The van der Waals surface area contributed by atoms with Crippen molar-refractivity contribution in [3.05, 3.63) is 47.1 Å². The van der Waals surface area contributed by atoms with E-state index in [4.69, 9.17) is 11.6 Å². The standard InChI is InChI=1S/C20H23ClN4O2/c21-16-5-3-4-14(10-16)12-25-18(8-9-22-25)23-20(27)15-11-19(26)24(13-15)17-6-1-2-7-17/h3-5,8-10,15,17H,1-2,6-7,11-13H2,(H,23,27). The molecular formula is C20H23ClN4O2. The lowest BCUT2D eigenvalue weighted by Crippen LogP contribution is -2.35. The van der Waals surface area contributed by atoms with Crippen molar-refractivity contribution in [1.29, 1.82) is 0 Å². The zero-order chi connectivity index (χ0) is 18.8. The van der Waals surface area contributed by atoms with E-state index < -0.39 is 0 Å². The Bertz CT molecular complexity index is 844. The van der Waals surface area contributed by atoms with Crippen molar-refractivity contribution in [2.75, 3.05) is 11.9 Å². The summed E-state index contributed by atoms with van der Waals surface area (Å²) in [5.41, 5.74) is 1.00. The molecule has 2 fully saturated rings. The van der Waals surface area contributed by atoms with Gasteiger partial charge in [-0.1, -0.05) is 36.6 Å². The molecule has 1 aliphatic carbocycles. The summed E-state index contributed by atoms with van der Waals surface area (Å²) in [7, 11) is 0. The Labute approximate surface area is 163 Å². The fourth-order valence-electron chi connectivity index (χ4n) is 4.08. The highest BCUT2D eigenvalue weighted by Crippen LogP contribution is 2.30. The molecule has 1 atom stereocenters. The molecule has 2 amide bonds. The second-order valence-electron chi connectivity index (χ2n) is 7.38. The Kier molecular flexibility index (Phi) is 5.16. The first kappa shape index (κ1) is 18.0. The monoisotopic (exact) mass is 386 g/mol. The number of anilines is 1. The van der Waals surface area contributed by atoms with Crippen molar-refractivity contribution in [2.24, 2.45) is 5.92 Å². The Morgan fingerprint density at radius 3 is 2.85 bits per heavy atom. The van der Waals surface area contributed by atoms with Crippen LogP contribution in [-0.2, 0) is 16.1 Å². The minimum atomic E-state index is -0.299. The van der Waals surface area contributed by atoms with Gasteiger partial charge < -0.3 is 10.2 Å². The molecule has 0 spiro atoms. The zero-order valence-electron chi connectivity index (χ0n) is 15.1. The van der Waals surface area contributed by atoms with E-state index in [0.29, 0.717) is 36.4 Å². The molecular weight excluding hydrogens is 364 g/mol. The summed E-state index contributed by atoms with van der Waals surface area (Å²) in [4.78, 5) is 27.0. The Hall–Kier alpha value is -2.34. The SMILES string of the molecule is O=C(Nc1ccnn1Cc1cccc(Cl)c1)C1CC(=O)N(C2CCCC2)C1. The normalized spacial score (nSPS) is 20.4. The molecule has 1 aliphatic heterocycles. The van der Waals surface area contributed by atoms with Crippen LogP contribution < -0.4 is 5.32 Å². The summed E-state index contributed by atoms with van der Waals surface area (Å²) in [5, 5.41) is 7.91. The average molecular weight is 387 g/mol. The molecule has 0 radical (unpaired) electrons. The van der Waals surface area contributed by atoms with Crippen LogP contribution in [0.15, 0.2) is 36.5 Å². The fourth-order valence-corrected chi connectivity index (χ4v) is 4.29. The van der Waals surface area contributed by atoms with Gasteiger partial charge in [-0.25, -0.2) is 4.68 Å². The van der Waals surface area contributed by atoms with E-state index in [1.807, 2.05) is 29.2 Å². The number of nitrogens with zero attached hydrogens (tertiary/aromatic N) is 3. The van der Waals surface area contributed by atoms with Crippen LogP contribution in [0.25, 0.3) is 0 Å². The molecule has 1 unspecified atom stereocenters. The van der Waals surface area contributed by atoms with Crippen LogP contribution in [0.5, 0.6) is 0 Å². The summed E-state index contributed by atoms with van der Waals surface area (Å²) < 4.78 is 1.73. The summed E-state index contributed by atoms with van der Waals surface area (Å²) in [6, 6.07) is 9.65. The topological polar surface area (TPSA) is 67.2 Å². The highest BCUT2D eigenvalue weighted by molar-refractivity contribution is 6.30. The Morgan fingerprint density at radius 2 is 2.07 bits per heavy atom. The number of rotatable bonds is 5. The number of benzene rings is 1. The first-order valence-corrected chi connectivity index (χ1v) is 9.84. The quantitative estimate of drug-likeness (QED) is 0.857. The van der Waals surface area contributed by atoms with Gasteiger partial charge >= 0.3 is 0 Å². The highest BCUT2D eigenvalue weighted by atomic mass is 35.5. The van der Waals surface area contributed by atoms with E-state index in [9.17, 15) is 9.59 Å². The lowest BCUT2D eigenvalue weighted by molar-refractivity contribution is -0.129. The van der Waals surface area contributed by atoms with Crippen LogP contribution in [0, 0.1) is 5.92 Å². The number of hydrogen-bond acceptors (Lipinski definition) is 3. The molecule has 1 saturated carbocycles. The fraction of sp³-hybridized carbons (Fsp3) is 0.450. The lowest BCUT2D eigenvalue weighted by atomic mass is 10.1. The van der Waals surface area contributed by atoms with E-state index in [1.54, 1.807) is 16.9 Å². The third-order valence-corrected chi connectivity index (χ3v) is 5.72. The van der Waals surface area contributed by atoms with Crippen LogP contribution in [0.3, 0.4) is 0 Å². The number of likely N-dealkylation sites (tertiary alicyclic amines) is 1. The first-order chi connectivity index (χ1) is 13.1. The van der Waals surface area contributed by atoms with E-state index in [1.165, 1.54) is 12.8 Å². The minimum absolute atomic E-state index is 0.106. The molecule has 142 valence electrons. The molecule has 2 aromatic rings. The number of hydrogen-bond donors (Lipinski definition) is 1. The average Bonchev–Trinajstić information content (AvgIpc) is 3.37. The third kappa shape index (κ3) is 4.00. The van der Waals surface area contributed by atoms with Gasteiger partial charge in [-0.05, 0) is 30.5 Å². The molecule has 4 rings (SSSR count). The molecule has 1 N–H and O–H groups in total. The van der Waals surface area contributed by atoms with Gasteiger partial charge in [0.2, 0.25) is 11.8 Å². The molecule has 2 aliphatic rings. The summed E-state index contributed by atoms with van der Waals surface area (Å²) in [5.74, 6) is 0.325. The maximum atomic E-state index is 12.7. The third-order valence-electron chi connectivity index (χ3n) is 5.48. The van der Waals surface area contributed by atoms with E-state index in [-0.39, 0.29) is 17.7 Å². The second-order valence-corrected chi connectivity index (χ2v) is 7.82. The van der Waals surface area contributed by atoms with Crippen molar-refractivity contribution >= 4 is 29.2 Å². The van der Waals surface area contributed by atoms with Gasteiger partial charge in [-0.3, -0.25) is 9.59 Å². The largest absolute Gasteiger partial charge is 0.339 e. The zero-order valence-corrected chi connectivity index (χ0v) is 15.9.